The predicted octanol–water partition coefficient (Wildman–Crippen LogP) is 3.64. The summed E-state index contributed by atoms with van der Waals surface area (Å²) < 4.78 is 38.2. The van der Waals surface area contributed by atoms with Gasteiger partial charge in [-0.3, -0.25) is 4.79 Å². The van der Waals surface area contributed by atoms with Crippen molar-refractivity contribution in [1.82, 2.24) is 10.0 Å². The van der Waals surface area contributed by atoms with E-state index in [9.17, 15) is 18.0 Å². The molecule has 1 aliphatic heterocycles. The van der Waals surface area contributed by atoms with Crippen LogP contribution in [0.3, 0.4) is 0 Å². The number of urea groups is 1. The standard InChI is InChI=1S/C25H24ClN3O6S/c1-16-7-3-6-10-23(16)36(32,33)28-25(31)27-20(13-17-8-4-5-9-19(17)26)24(30)29(2)18-11-12-21-22(14-18)35-15-34-21/h3-12,14,20H,13,15H2,1-2H3,(H2,27,28,31)/t20-/m0/s1. The van der Waals surface area contributed by atoms with Crippen molar-refractivity contribution in [1.29, 1.82) is 0 Å². The molecule has 3 amide bonds. The summed E-state index contributed by atoms with van der Waals surface area (Å²) in [6, 6.07) is 16.0. The number of carbonyl (C=O) groups is 2. The molecule has 0 unspecified atom stereocenters. The molecule has 0 fully saturated rings. The molecule has 0 saturated heterocycles. The van der Waals surface area contributed by atoms with Gasteiger partial charge in [0.1, 0.15) is 6.04 Å². The third kappa shape index (κ3) is 5.55. The zero-order valence-corrected chi connectivity index (χ0v) is 21.1. The van der Waals surface area contributed by atoms with Crippen LogP contribution < -0.4 is 24.4 Å². The van der Waals surface area contributed by atoms with Gasteiger partial charge in [-0.1, -0.05) is 48.0 Å². The second-order valence-corrected chi connectivity index (χ2v) is 10.2. The lowest BCUT2D eigenvalue weighted by atomic mass is 10.0. The van der Waals surface area contributed by atoms with Crippen LogP contribution in [-0.4, -0.2) is 40.2 Å². The Hall–Kier alpha value is -3.76. The maximum atomic E-state index is 13.5. The zero-order valence-electron chi connectivity index (χ0n) is 19.5. The Balaban J connectivity index is 1.57. The van der Waals surface area contributed by atoms with E-state index >= 15 is 0 Å². The van der Waals surface area contributed by atoms with Crippen LogP contribution in [-0.2, 0) is 21.2 Å². The number of hydrogen-bond donors (Lipinski definition) is 2. The molecule has 3 aromatic carbocycles. The molecule has 0 saturated carbocycles. The smallest absolute Gasteiger partial charge is 0.329 e. The molecule has 1 atom stereocenters. The molecule has 0 radical (unpaired) electrons. The van der Waals surface area contributed by atoms with Crippen molar-refractivity contribution in [3.63, 3.8) is 0 Å². The molecule has 4 rings (SSSR count). The van der Waals surface area contributed by atoms with Gasteiger partial charge in [0, 0.05) is 30.2 Å². The zero-order chi connectivity index (χ0) is 25.9. The number of carbonyl (C=O) groups excluding carboxylic acids is 2. The summed E-state index contributed by atoms with van der Waals surface area (Å²) in [4.78, 5) is 27.6. The largest absolute Gasteiger partial charge is 0.454 e. The van der Waals surface area contributed by atoms with Crippen LogP contribution in [0.2, 0.25) is 5.02 Å². The molecule has 11 heteroatoms. The van der Waals surface area contributed by atoms with E-state index in [4.69, 9.17) is 21.1 Å². The minimum atomic E-state index is -4.17. The summed E-state index contributed by atoms with van der Waals surface area (Å²) in [7, 11) is -2.62. The molecule has 2 N–H and O–H groups in total. The summed E-state index contributed by atoms with van der Waals surface area (Å²) in [6.45, 7) is 1.71. The number of halogens is 1. The summed E-state index contributed by atoms with van der Waals surface area (Å²) in [5.74, 6) is 0.563. The topological polar surface area (TPSA) is 114 Å². The fourth-order valence-corrected chi connectivity index (χ4v) is 5.14. The highest BCUT2D eigenvalue weighted by molar-refractivity contribution is 7.90. The number of nitrogens with zero attached hydrogens (tertiary/aromatic N) is 1. The van der Waals surface area contributed by atoms with Crippen molar-refractivity contribution >= 4 is 39.2 Å². The summed E-state index contributed by atoms with van der Waals surface area (Å²) in [5.41, 5.74) is 1.59. The quantitative estimate of drug-likeness (QED) is 0.483. The van der Waals surface area contributed by atoms with E-state index in [0.29, 0.717) is 33.3 Å². The lowest BCUT2D eigenvalue weighted by Gasteiger charge is -2.25. The number of fused-ring (bicyclic) bond motifs is 1. The van der Waals surface area contributed by atoms with Gasteiger partial charge in [0.25, 0.3) is 10.0 Å². The number of aryl methyl sites for hydroxylation is 1. The van der Waals surface area contributed by atoms with Crippen molar-refractivity contribution < 1.29 is 27.5 Å². The number of likely N-dealkylation sites (N-methyl/N-ethyl adjacent to an activating group) is 1. The Kier molecular flexibility index (Phi) is 7.37. The van der Waals surface area contributed by atoms with Gasteiger partial charge in [-0.15, -0.1) is 0 Å². The number of anilines is 1. The fraction of sp³-hybridized carbons (Fsp3) is 0.200. The minimum absolute atomic E-state index is 0.0330. The lowest BCUT2D eigenvalue weighted by molar-refractivity contribution is -0.120. The number of hydrogen-bond acceptors (Lipinski definition) is 6. The predicted molar refractivity (Wildman–Crippen MR) is 135 cm³/mol. The van der Waals surface area contributed by atoms with Gasteiger partial charge < -0.3 is 19.7 Å². The Morgan fingerprint density at radius 2 is 1.72 bits per heavy atom. The first-order chi connectivity index (χ1) is 17.2. The molecule has 3 aromatic rings. The molecular weight excluding hydrogens is 506 g/mol. The van der Waals surface area contributed by atoms with Crippen molar-refractivity contribution in [3.8, 4) is 11.5 Å². The Labute approximate surface area is 214 Å². The van der Waals surface area contributed by atoms with Gasteiger partial charge in [-0.2, -0.15) is 0 Å². The highest BCUT2D eigenvalue weighted by atomic mass is 35.5. The lowest BCUT2D eigenvalue weighted by Crippen LogP contribution is -2.52. The average Bonchev–Trinajstić information content (AvgIpc) is 3.32. The van der Waals surface area contributed by atoms with Crippen LogP contribution >= 0.6 is 11.6 Å². The molecule has 0 bridgehead atoms. The van der Waals surface area contributed by atoms with Gasteiger partial charge in [-0.05, 0) is 42.3 Å². The number of nitrogens with one attached hydrogen (secondary N) is 2. The van der Waals surface area contributed by atoms with Gasteiger partial charge in [0.2, 0.25) is 12.7 Å². The van der Waals surface area contributed by atoms with Crippen molar-refractivity contribution in [3.05, 3.63) is 82.9 Å². The third-order valence-corrected chi connectivity index (χ3v) is 7.53. The van der Waals surface area contributed by atoms with Crippen LogP contribution in [0.25, 0.3) is 0 Å². The normalized spacial score (nSPS) is 13.1. The molecule has 0 spiro atoms. The van der Waals surface area contributed by atoms with Crippen LogP contribution in [0.1, 0.15) is 11.1 Å². The molecule has 0 aromatic heterocycles. The highest BCUT2D eigenvalue weighted by Gasteiger charge is 2.29. The number of sulfonamides is 1. The number of rotatable bonds is 7. The fourth-order valence-electron chi connectivity index (χ4n) is 3.76. The Bertz CT molecular complexity index is 1410. The second-order valence-electron chi connectivity index (χ2n) is 8.13. The van der Waals surface area contributed by atoms with Crippen molar-refractivity contribution in [2.75, 3.05) is 18.7 Å². The molecule has 0 aliphatic carbocycles. The molecule has 9 nitrogen and oxygen atoms in total. The number of benzene rings is 3. The Morgan fingerprint density at radius 1 is 1.03 bits per heavy atom. The van der Waals surface area contributed by atoms with E-state index in [1.807, 2.05) is 4.72 Å². The maximum absolute atomic E-state index is 13.5. The summed E-state index contributed by atoms with van der Waals surface area (Å²) >= 11 is 6.29. The van der Waals surface area contributed by atoms with Gasteiger partial charge in [0.05, 0.1) is 4.90 Å². The monoisotopic (exact) mass is 529 g/mol. The van der Waals surface area contributed by atoms with E-state index in [-0.39, 0.29) is 18.1 Å². The van der Waals surface area contributed by atoms with Crippen LogP contribution in [0.5, 0.6) is 11.5 Å². The second kappa shape index (κ2) is 10.5. The molecule has 188 valence electrons. The average molecular weight is 530 g/mol. The van der Waals surface area contributed by atoms with Crippen LogP contribution in [0.4, 0.5) is 10.5 Å². The maximum Gasteiger partial charge on any atom is 0.329 e. The third-order valence-electron chi connectivity index (χ3n) is 5.67. The highest BCUT2D eigenvalue weighted by Crippen LogP contribution is 2.35. The van der Waals surface area contributed by atoms with Gasteiger partial charge >= 0.3 is 6.03 Å². The molecule has 1 aliphatic rings. The number of ether oxygens (including phenoxy) is 2. The van der Waals surface area contributed by atoms with Gasteiger partial charge in [0.15, 0.2) is 11.5 Å². The Morgan fingerprint density at radius 3 is 2.47 bits per heavy atom. The van der Waals surface area contributed by atoms with E-state index in [1.165, 1.54) is 11.0 Å². The first-order valence-corrected chi connectivity index (χ1v) is 12.8. The van der Waals surface area contributed by atoms with Crippen LogP contribution in [0, 0.1) is 6.92 Å². The summed E-state index contributed by atoms with van der Waals surface area (Å²) in [5, 5.41) is 2.92. The van der Waals surface area contributed by atoms with Crippen molar-refractivity contribution in [2.24, 2.45) is 0 Å². The summed E-state index contributed by atoms with van der Waals surface area (Å²) in [6.07, 6.45) is 0.0330. The minimum Gasteiger partial charge on any atom is -0.454 e. The molecule has 36 heavy (non-hydrogen) atoms. The molecule has 1 heterocycles. The van der Waals surface area contributed by atoms with E-state index < -0.39 is 28.0 Å². The van der Waals surface area contributed by atoms with Gasteiger partial charge in [-0.25, -0.2) is 17.9 Å². The molecular formula is C25H24ClN3O6S. The van der Waals surface area contributed by atoms with Crippen LogP contribution in [0.15, 0.2) is 71.6 Å². The SMILES string of the molecule is Cc1ccccc1S(=O)(=O)NC(=O)N[C@@H](Cc1ccccc1Cl)C(=O)N(C)c1ccc2c(c1)OCO2. The van der Waals surface area contributed by atoms with E-state index in [0.717, 1.165) is 0 Å². The van der Waals surface area contributed by atoms with E-state index in [2.05, 4.69) is 5.32 Å². The first kappa shape index (κ1) is 25.3. The first-order valence-electron chi connectivity index (χ1n) is 11.0. The number of amides is 3. The van der Waals surface area contributed by atoms with E-state index in [1.54, 1.807) is 74.6 Å². The van der Waals surface area contributed by atoms with Crippen molar-refractivity contribution in [2.45, 2.75) is 24.3 Å².